The number of nitrogens with zero attached hydrogens (tertiary/aromatic N) is 2. The number of imide groups is 2. The van der Waals surface area contributed by atoms with E-state index in [0.29, 0.717) is 24.5 Å². The minimum atomic E-state index is -0.811. The SMILES string of the molecule is COc1ccccc1N1C(=O)NC(=O)C(=Cc2ccc(N3CCOCC3)cc2)C1=O. The van der Waals surface area contributed by atoms with E-state index in [0.717, 1.165) is 23.7 Å². The number of amides is 4. The van der Waals surface area contributed by atoms with Crippen LogP contribution in [0, 0.1) is 0 Å². The van der Waals surface area contributed by atoms with Crippen LogP contribution in [0.2, 0.25) is 0 Å². The van der Waals surface area contributed by atoms with Crippen molar-refractivity contribution in [3.8, 4) is 5.75 Å². The number of urea groups is 1. The number of para-hydroxylation sites is 2. The van der Waals surface area contributed by atoms with Crippen LogP contribution >= 0.6 is 0 Å². The third-order valence-electron chi connectivity index (χ3n) is 5.01. The standard InChI is InChI=1S/C22H21N3O5/c1-29-19-5-3-2-4-18(19)25-21(27)17(20(26)23-22(25)28)14-15-6-8-16(9-7-15)24-10-12-30-13-11-24/h2-9,14H,10-13H2,1H3,(H,23,26,28). The molecule has 2 aliphatic rings. The Labute approximate surface area is 173 Å². The Morgan fingerprint density at radius 2 is 1.70 bits per heavy atom. The quantitative estimate of drug-likeness (QED) is 0.618. The lowest BCUT2D eigenvalue weighted by atomic mass is 10.1. The molecule has 0 bridgehead atoms. The molecule has 4 rings (SSSR count). The highest BCUT2D eigenvalue weighted by Gasteiger charge is 2.38. The van der Waals surface area contributed by atoms with Gasteiger partial charge in [-0.2, -0.15) is 0 Å². The lowest BCUT2D eigenvalue weighted by molar-refractivity contribution is -0.122. The molecule has 2 aromatic rings. The van der Waals surface area contributed by atoms with E-state index >= 15 is 0 Å². The molecular weight excluding hydrogens is 386 g/mol. The number of hydrogen-bond acceptors (Lipinski definition) is 6. The second-order valence-corrected chi connectivity index (χ2v) is 6.82. The molecule has 2 aliphatic heterocycles. The van der Waals surface area contributed by atoms with Gasteiger partial charge < -0.3 is 14.4 Å². The molecule has 4 amide bonds. The summed E-state index contributed by atoms with van der Waals surface area (Å²) in [5.74, 6) is -1.08. The molecule has 2 heterocycles. The zero-order chi connectivity index (χ0) is 21.1. The van der Waals surface area contributed by atoms with Crippen LogP contribution in [0.5, 0.6) is 5.75 Å². The molecular formula is C22H21N3O5. The highest BCUT2D eigenvalue weighted by molar-refractivity contribution is 6.39. The number of ether oxygens (including phenoxy) is 2. The Morgan fingerprint density at radius 1 is 1.00 bits per heavy atom. The first-order chi connectivity index (χ1) is 14.6. The van der Waals surface area contributed by atoms with Gasteiger partial charge in [0.15, 0.2) is 0 Å². The number of anilines is 2. The van der Waals surface area contributed by atoms with Crippen LogP contribution in [0.25, 0.3) is 6.08 Å². The summed E-state index contributed by atoms with van der Waals surface area (Å²) >= 11 is 0. The first-order valence-electron chi connectivity index (χ1n) is 9.56. The summed E-state index contributed by atoms with van der Waals surface area (Å²) in [6.07, 6.45) is 1.48. The average Bonchev–Trinajstić information content (AvgIpc) is 2.78. The van der Waals surface area contributed by atoms with Gasteiger partial charge in [0.25, 0.3) is 11.8 Å². The van der Waals surface area contributed by atoms with Crippen molar-refractivity contribution in [2.24, 2.45) is 0 Å². The van der Waals surface area contributed by atoms with Gasteiger partial charge in [-0.05, 0) is 35.9 Å². The summed E-state index contributed by atoms with van der Waals surface area (Å²) < 4.78 is 10.6. The Morgan fingerprint density at radius 3 is 2.40 bits per heavy atom. The Kier molecular flexibility index (Phi) is 5.49. The van der Waals surface area contributed by atoms with Gasteiger partial charge in [0.05, 0.1) is 26.0 Å². The van der Waals surface area contributed by atoms with E-state index in [2.05, 4.69) is 10.2 Å². The molecule has 2 aromatic carbocycles. The minimum absolute atomic E-state index is 0.125. The Bertz CT molecular complexity index is 1010. The molecule has 0 spiro atoms. The second-order valence-electron chi connectivity index (χ2n) is 6.82. The number of carbonyl (C=O) groups is 3. The van der Waals surface area contributed by atoms with E-state index in [4.69, 9.17) is 9.47 Å². The van der Waals surface area contributed by atoms with E-state index in [1.165, 1.54) is 13.2 Å². The third-order valence-corrected chi connectivity index (χ3v) is 5.01. The first kappa shape index (κ1) is 19.7. The van der Waals surface area contributed by atoms with Crippen LogP contribution < -0.4 is 19.9 Å². The number of benzene rings is 2. The van der Waals surface area contributed by atoms with Crippen LogP contribution in [0.15, 0.2) is 54.1 Å². The van der Waals surface area contributed by atoms with Crippen molar-refractivity contribution >= 4 is 35.3 Å². The van der Waals surface area contributed by atoms with Crippen LogP contribution in [-0.4, -0.2) is 51.3 Å². The predicted octanol–water partition coefficient (Wildman–Crippen LogP) is 2.20. The summed E-state index contributed by atoms with van der Waals surface area (Å²) in [7, 11) is 1.45. The van der Waals surface area contributed by atoms with Gasteiger partial charge in [0.1, 0.15) is 11.3 Å². The molecule has 0 aliphatic carbocycles. The van der Waals surface area contributed by atoms with E-state index < -0.39 is 17.8 Å². The van der Waals surface area contributed by atoms with Gasteiger partial charge in [0.2, 0.25) is 0 Å². The van der Waals surface area contributed by atoms with Crippen molar-refractivity contribution in [1.29, 1.82) is 0 Å². The third kappa shape index (κ3) is 3.77. The summed E-state index contributed by atoms with van der Waals surface area (Å²) in [6, 6.07) is 13.4. The number of barbiturate groups is 1. The van der Waals surface area contributed by atoms with E-state index in [1.54, 1.807) is 24.3 Å². The monoisotopic (exact) mass is 407 g/mol. The molecule has 0 unspecified atom stereocenters. The summed E-state index contributed by atoms with van der Waals surface area (Å²) in [6.45, 7) is 3.01. The Balaban J connectivity index is 1.62. The van der Waals surface area contributed by atoms with Crippen LogP contribution in [0.1, 0.15) is 5.56 Å². The summed E-state index contributed by atoms with van der Waals surface area (Å²) in [5, 5.41) is 2.22. The molecule has 0 aromatic heterocycles. The first-order valence-corrected chi connectivity index (χ1v) is 9.56. The molecule has 30 heavy (non-hydrogen) atoms. The van der Waals surface area contributed by atoms with E-state index in [9.17, 15) is 14.4 Å². The molecule has 0 radical (unpaired) electrons. The number of carbonyl (C=O) groups excluding carboxylic acids is 3. The van der Waals surface area contributed by atoms with Crippen molar-refractivity contribution in [2.45, 2.75) is 0 Å². The van der Waals surface area contributed by atoms with Crippen LogP contribution in [0.3, 0.4) is 0 Å². The topological polar surface area (TPSA) is 88.2 Å². The molecule has 0 saturated carbocycles. The maximum Gasteiger partial charge on any atom is 0.336 e. The van der Waals surface area contributed by atoms with Crippen LogP contribution in [-0.2, 0) is 14.3 Å². The van der Waals surface area contributed by atoms with Crippen LogP contribution in [0.4, 0.5) is 16.2 Å². The molecule has 8 nitrogen and oxygen atoms in total. The molecule has 8 heteroatoms. The van der Waals surface area contributed by atoms with E-state index in [-0.39, 0.29) is 11.3 Å². The van der Waals surface area contributed by atoms with Gasteiger partial charge in [-0.25, -0.2) is 9.69 Å². The van der Waals surface area contributed by atoms with E-state index in [1.807, 2.05) is 24.3 Å². The number of rotatable bonds is 4. The zero-order valence-corrected chi connectivity index (χ0v) is 16.5. The van der Waals surface area contributed by atoms with Gasteiger partial charge >= 0.3 is 6.03 Å². The molecule has 2 fully saturated rings. The number of morpholine rings is 1. The predicted molar refractivity (Wildman–Crippen MR) is 111 cm³/mol. The average molecular weight is 407 g/mol. The van der Waals surface area contributed by atoms with Gasteiger partial charge in [-0.1, -0.05) is 24.3 Å². The maximum atomic E-state index is 13.0. The number of hydrogen-bond donors (Lipinski definition) is 1. The highest BCUT2D eigenvalue weighted by atomic mass is 16.5. The van der Waals surface area contributed by atoms with Crippen molar-refractivity contribution < 1.29 is 23.9 Å². The van der Waals surface area contributed by atoms with Crippen molar-refractivity contribution in [3.05, 3.63) is 59.7 Å². The summed E-state index contributed by atoms with van der Waals surface area (Å²) in [4.78, 5) is 40.9. The largest absolute Gasteiger partial charge is 0.495 e. The molecule has 154 valence electrons. The second kappa shape index (κ2) is 8.38. The molecule has 0 atom stereocenters. The highest BCUT2D eigenvalue weighted by Crippen LogP contribution is 2.30. The van der Waals surface area contributed by atoms with Gasteiger partial charge in [-0.15, -0.1) is 0 Å². The lowest BCUT2D eigenvalue weighted by Crippen LogP contribution is -2.54. The zero-order valence-electron chi connectivity index (χ0n) is 16.5. The van der Waals surface area contributed by atoms with Gasteiger partial charge in [0, 0.05) is 18.8 Å². The smallest absolute Gasteiger partial charge is 0.336 e. The minimum Gasteiger partial charge on any atom is -0.495 e. The van der Waals surface area contributed by atoms with Crippen molar-refractivity contribution in [2.75, 3.05) is 43.2 Å². The van der Waals surface area contributed by atoms with Crippen molar-refractivity contribution in [1.82, 2.24) is 5.32 Å². The molecule has 2 saturated heterocycles. The number of nitrogens with one attached hydrogen (secondary N) is 1. The Hall–Kier alpha value is -3.65. The molecule has 1 N–H and O–H groups in total. The fraction of sp³-hybridized carbons (Fsp3) is 0.227. The van der Waals surface area contributed by atoms with Gasteiger partial charge in [-0.3, -0.25) is 14.9 Å². The summed E-state index contributed by atoms with van der Waals surface area (Å²) in [5.41, 5.74) is 1.87. The van der Waals surface area contributed by atoms with Crippen molar-refractivity contribution in [3.63, 3.8) is 0 Å². The number of methoxy groups -OCH3 is 1. The maximum absolute atomic E-state index is 13.0. The lowest BCUT2D eigenvalue weighted by Gasteiger charge is -2.29. The fourth-order valence-electron chi connectivity index (χ4n) is 3.46. The fourth-order valence-corrected chi connectivity index (χ4v) is 3.46. The normalized spacial score (nSPS) is 18.6.